The van der Waals surface area contributed by atoms with Crippen molar-refractivity contribution in [2.45, 2.75) is 25.3 Å². The molecule has 7 nitrogen and oxygen atoms in total. The number of hydrogen-bond donors (Lipinski definition) is 2. The summed E-state index contributed by atoms with van der Waals surface area (Å²) in [5.74, 6) is -1.10. The summed E-state index contributed by atoms with van der Waals surface area (Å²) < 4.78 is 29.7. The molecule has 0 unspecified atom stereocenters. The van der Waals surface area contributed by atoms with Crippen LogP contribution in [0.5, 0.6) is 0 Å². The summed E-state index contributed by atoms with van der Waals surface area (Å²) in [4.78, 5) is 19.1. The molecule has 1 saturated heterocycles. The van der Waals surface area contributed by atoms with Crippen LogP contribution in [0.25, 0.3) is 10.6 Å². The first-order valence-corrected chi connectivity index (χ1v) is 10.6. The second-order valence-corrected chi connectivity index (χ2v) is 8.13. The molecule has 4 rings (SSSR count). The number of hydrogen-bond acceptors (Lipinski definition) is 6. The number of amides is 1. The number of carbonyl (C=O) groups is 1. The summed E-state index contributed by atoms with van der Waals surface area (Å²) in [6.07, 6.45) is 4.37. The summed E-state index contributed by atoms with van der Waals surface area (Å²) in [6, 6.07) is 3.78. The second-order valence-electron chi connectivity index (χ2n) is 7.27. The Morgan fingerprint density at radius 2 is 2.03 bits per heavy atom. The van der Waals surface area contributed by atoms with Gasteiger partial charge in [-0.05, 0) is 31.4 Å². The summed E-state index contributed by atoms with van der Waals surface area (Å²) in [5.41, 5.74) is 6.49. The Kier molecular flexibility index (Phi) is 5.78. The number of nitrogens with zero attached hydrogens (tertiary/aromatic N) is 4. The SMILES string of the molecule is Cn1ncc(NC(=O)c2csc(-c3c(F)cccc3F)n2)c1N1CCC[C@H](N)CC1. The van der Waals surface area contributed by atoms with E-state index in [1.807, 2.05) is 7.05 Å². The Morgan fingerprint density at radius 3 is 2.80 bits per heavy atom. The largest absolute Gasteiger partial charge is 0.355 e. The molecule has 0 spiro atoms. The zero-order valence-electron chi connectivity index (χ0n) is 16.4. The molecular formula is C20H22F2N6OS. The highest BCUT2D eigenvalue weighted by Crippen LogP contribution is 2.31. The third-order valence-corrected chi connectivity index (χ3v) is 6.00. The van der Waals surface area contributed by atoms with Crippen molar-refractivity contribution in [2.24, 2.45) is 12.8 Å². The van der Waals surface area contributed by atoms with Crippen LogP contribution in [0.1, 0.15) is 29.8 Å². The molecule has 3 N–H and O–H groups in total. The summed E-state index contributed by atoms with van der Waals surface area (Å²) in [7, 11) is 1.82. The summed E-state index contributed by atoms with van der Waals surface area (Å²) in [5, 5.41) is 8.71. The fourth-order valence-corrected chi connectivity index (χ4v) is 4.46. The molecular weight excluding hydrogens is 410 g/mol. The molecule has 1 aliphatic rings. The zero-order valence-corrected chi connectivity index (χ0v) is 17.3. The van der Waals surface area contributed by atoms with E-state index in [0.29, 0.717) is 5.69 Å². The number of rotatable bonds is 4. The molecule has 2 aromatic heterocycles. The molecule has 1 atom stereocenters. The Balaban J connectivity index is 1.55. The van der Waals surface area contributed by atoms with E-state index in [0.717, 1.165) is 61.6 Å². The molecule has 30 heavy (non-hydrogen) atoms. The maximum absolute atomic E-state index is 14.0. The van der Waals surface area contributed by atoms with Gasteiger partial charge in [-0.3, -0.25) is 9.48 Å². The lowest BCUT2D eigenvalue weighted by Gasteiger charge is -2.24. The molecule has 0 aliphatic carbocycles. The van der Waals surface area contributed by atoms with Gasteiger partial charge in [0.1, 0.15) is 28.0 Å². The second kappa shape index (κ2) is 8.49. The molecule has 3 heterocycles. The highest BCUT2D eigenvalue weighted by Gasteiger charge is 2.23. The van der Waals surface area contributed by atoms with E-state index in [-0.39, 0.29) is 22.3 Å². The van der Waals surface area contributed by atoms with Gasteiger partial charge in [-0.15, -0.1) is 11.3 Å². The van der Waals surface area contributed by atoms with E-state index in [1.165, 1.54) is 11.4 Å². The fourth-order valence-electron chi connectivity index (χ4n) is 3.61. The predicted molar refractivity (Wildman–Crippen MR) is 113 cm³/mol. The van der Waals surface area contributed by atoms with Crippen molar-refractivity contribution in [3.63, 3.8) is 0 Å². The first-order chi connectivity index (χ1) is 14.4. The number of aromatic nitrogens is 3. The van der Waals surface area contributed by atoms with Gasteiger partial charge in [-0.1, -0.05) is 6.07 Å². The van der Waals surface area contributed by atoms with Crippen LogP contribution >= 0.6 is 11.3 Å². The van der Waals surface area contributed by atoms with Gasteiger partial charge >= 0.3 is 0 Å². The van der Waals surface area contributed by atoms with Crippen LogP contribution in [0.4, 0.5) is 20.3 Å². The van der Waals surface area contributed by atoms with E-state index in [1.54, 1.807) is 10.9 Å². The molecule has 0 bridgehead atoms. The smallest absolute Gasteiger partial charge is 0.275 e. The van der Waals surface area contributed by atoms with Gasteiger partial charge in [0.2, 0.25) is 0 Å². The number of aryl methyl sites for hydroxylation is 1. The van der Waals surface area contributed by atoms with Crippen LogP contribution in [0.3, 0.4) is 0 Å². The predicted octanol–water partition coefficient (Wildman–Crippen LogP) is 3.39. The number of halogens is 2. The van der Waals surface area contributed by atoms with Crippen molar-refractivity contribution in [1.82, 2.24) is 14.8 Å². The minimum atomic E-state index is -0.717. The normalized spacial score (nSPS) is 17.1. The van der Waals surface area contributed by atoms with E-state index in [2.05, 4.69) is 20.3 Å². The number of carbonyl (C=O) groups excluding carboxylic acids is 1. The van der Waals surface area contributed by atoms with E-state index < -0.39 is 17.5 Å². The maximum atomic E-state index is 14.0. The van der Waals surface area contributed by atoms with E-state index in [9.17, 15) is 13.6 Å². The lowest BCUT2D eigenvalue weighted by Crippen LogP contribution is -2.29. The first kappa shape index (κ1) is 20.4. The minimum absolute atomic E-state index is 0.0883. The third-order valence-electron chi connectivity index (χ3n) is 5.14. The van der Waals surface area contributed by atoms with Gasteiger partial charge < -0.3 is 16.0 Å². The van der Waals surface area contributed by atoms with E-state index in [4.69, 9.17) is 5.73 Å². The molecule has 1 amide bonds. The van der Waals surface area contributed by atoms with Crippen LogP contribution in [-0.4, -0.2) is 39.8 Å². The molecule has 0 saturated carbocycles. The number of nitrogens with one attached hydrogen (secondary N) is 1. The molecule has 0 radical (unpaired) electrons. The highest BCUT2D eigenvalue weighted by molar-refractivity contribution is 7.13. The summed E-state index contributed by atoms with van der Waals surface area (Å²) >= 11 is 1.01. The lowest BCUT2D eigenvalue weighted by molar-refractivity contribution is 0.102. The Labute approximate surface area is 176 Å². The van der Waals surface area contributed by atoms with Gasteiger partial charge in [0.15, 0.2) is 5.82 Å². The van der Waals surface area contributed by atoms with Gasteiger partial charge in [-0.25, -0.2) is 13.8 Å². The third kappa shape index (κ3) is 4.05. The molecule has 1 fully saturated rings. The Morgan fingerprint density at radius 1 is 1.27 bits per heavy atom. The van der Waals surface area contributed by atoms with Crippen molar-refractivity contribution in [2.75, 3.05) is 23.3 Å². The molecule has 158 valence electrons. The van der Waals surface area contributed by atoms with Crippen LogP contribution in [-0.2, 0) is 7.05 Å². The lowest BCUT2D eigenvalue weighted by atomic mass is 10.1. The average Bonchev–Trinajstić information content (AvgIpc) is 3.26. The number of anilines is 2. The van der Waals surface area contributed by atoms with Crippen molar-refractivity contribution < 1.29 is 13.6 Å². The Hall–Kier alpha value is -2.85. The molecule has 3 aromatic rings. The molecule has 1 aromatic carbocycles. The fraction of sp³-hybridized carbons (Fsp3) is 0.350. The number of benzene rings is 1. The average molecular weight is 433 g/mol. The standard InChI is InChI=1S/C20H22F2N6OS/c1-27-20(28-8-3-4-12(23)7-9-28)15(10-24-27)25-18(29)16-11-30-19(26-16)17-13(21)5-2-6-14(17)22/h2,5-6,10-12H,3-4,7-9,23H2,1H3,(H,25,29)/t12-/m0/s1. The van der Waals surface area contributed by atoms with Crippen molar-refractivity contribution in [3.05, 3.63) is 47.1 Å². The van der Waals surface area contributed by atoms with E-state index >= 15 is 0 Å². The molecule has 10 heteroatoms. The maximum Gasteiger partial charge on any atom is 0.275 e. The Bertz CT molecular complexity index is 1050. The zero-order chi connectivity index (χ0) is 21.3. The van der Waals surface area contributed by atoms with Crippen molar-refractivity contribution in [3.8, 4) is 10.6 Å². The number of nitrogens with two attached hydrogens (primary N) is 1. The van der Waals surface area contributed by atoms with Gasteiger partial charge in [0, 0.05) is 31.6 Å². The van der Waals surface area contributed by atoms with Crippen molar-refractivity contribution in [1.29, 1.82) is 0 Å². The van der Waals surface area contributed by atoms with Gasteiger partial charge in [-0.2, -0.15) is 5.10 Å². The van der Waals surface area contributed by atoms with Crippen LogP contribution in [0, 0.1) is 11.6 Å². The highest BCUT2D eigenvalue weighted by atomic mass is 32.1. The van der Waals surface area contributed by atoms with Gasteiger partial charge in [0.25, 0.3) is 5.91 Å². The van der Waals surface area contributed by atoms with Crippen LogP contribution in [0.2, 0.25) is 0 Å². The van der Waals surface area contributed by atoms with Crippen LogP contribution in [0.15, 0.2) is 29.8 Å². The number of thiazole rings is 1. The summed E-state index contributed by atoms with van der Waals surface area (Å²) in [6.45, 7) is 1.60. The van der Waals surface area contributed by atoms with Gasteiger partial charge in [0.05, 0.1) is 11.8 Å². The topological polar surface area (TPSA) is 89.1 Å². The molecule has 1 aliphatic heterocycles. The van der Waals surface area contributed by atoms with Crippen molar-refractivity contribution >= 4 is 28.7 Å². The van der Waals surface area contributed by atoms with Crippen LogP contribution < -0.4 is 16.0 Å². The first-order valence-electron chi connectivity index (χ1n) is 9.68. The minimum Gasteiger partial charge on any atom is -0.355 e. The monoisotopic (exact) mass is 432 g/mol. The quantitative estimate of drug-likeness (QED) is 0.660.